The highest BCUT2D eigenvalue weighted by atomic mass is 19.4. The molecular formula is C19H22F3N3O3. The lowest BCUT2D eigenvalue weighted by Gasteiger charge is -2.26. The normalized spacial score (nSPS) is 15.2. The zero-order valence-corrected chi connectivity index (χ0v) is 15.8. The molecular weight excluding hydrogens is 375 g/mol. The van der Waals surface area contributed by atoms with E-state index in [4.69, 9.17) is 9.47 Å². The van der Waals surface area contributed by atoms with E-state index in [-0.39, 0.29) is 12.5 Å². The summed E-state index contributed by atoms with van der Waals surface area (Å²) in [5.74, 6) is -0.114. The van der Waals surface area contributed by atoms with Crippen LogP contribution in [0.4, 0.5) is 18.0 Å². The second-order valence-electron chi connectivity index (χ2n) is 7.62. The van der Waals surface area contributed by atoms with Crippen molar-refractivity contribution in [3.05, 3.63) is 47.3 Å². The minimum absolute atomic E-state index is 0.114. The molecule has 0 radical (unpaired) electrons. The molecule has 1 aliphatic heterocycles. The molecule has 1 aromatic heterocycles. The molecule has 1 N–H and O–H groups in total. The number of carbonyl (C=O) groups excluding carboxylic acids is 1. The van der Waals surface area contributed by atoms with Gasteiger partial charge in [-0.15, -0.1) is 0 Å². The van der Waals surface area contributed by atoms with Crippen molar-refractivity contribution in [1.82, 2.24) is 15.1 Å². The van der Waals surface area contributed by atoms with E-state index < -0.39 is 23.6 Å². The van der Waals surface area contributed by atoms with Gasteiger partial charge in [0.2, 0.25) is 0 Å². The Hall–Kier alpha value is -2.55. The number of carbonyl (C=O) groups is 1. The van der Waals surface area contributed by atoms with Crippen LogP contribution < -0.4 is 5.32 Å². The Labute approximate surface area is 160 Å². The Morgan fingerprint density at radius 1 is 1.25 bits per heavy atom. The van der Waals surface area contributed by atoms with Crippen molar-refractivity contribution in [2.75, 3.05) is 13.2 Å². The lowest BCUT2D eigenvalue weighted by Crippen LogP contribution is -2.32. The molecule has 0 unspecified atom stereocenters. The molecule has 1 saturated heterocycles. The first-order valence-corrected chi connectivity index (χ1v) is 8.84. The number of rotatable bonds is 4. The van der Waals surface area contributed by atoms with Crippen molar-refractivity contribution in [2.24, 2.45) is 0 Å². The van der Waals surface area contributed by atoms with E-state index in [1.807, 2.05) is 0 Å². The summed E-state index contributed by atoms with van der Waals surface area (Å²) in [4.78, 5) is 11.7. The highest BCUT2D eigenvalue weighted by Gasteiger charge is 2.37. The summed E-state index contributed by atoms with van der Waals surface area (Å²) in [5, 5.41) is 6.38. The third-order valence-electron chi connectivity index (χ3n) is 4.10. The topological polar surface area (TPSA) is 65.4 Å². The number of nitrogens with zero attached hydrogens (tertiary/aromatic N) is 2. The first-order valence-electron chi connectivity index (χ1n) is 8.84. The third kappa shape index (κ3) is 4.83. The molecule has 1 aromatic carbocycles. The minimum Gasteiger partial charge on any atom is -0.444 e. The summed E-state index contributed by atoms with van der Waals surface area (Å²) < 4.78 is 50.8. The molecule has 0 spiro atoms. The van der Waals surface area contributed by atoms with Gasteiger partial charge in [0, 0.05) is 12.5 Å². The summed E-state index contributed by atoms with van der Waals surface area (Å²) in [5.41, 5.74) is 0.249. The van der Waals surface area contributed by atoms with Crippen molar-refractivity contribution < 1.29 is 27.4 Å². The van der Waals surface area contributed by atoms with Gasteiger partial charge in [-0.1, -0.05) is 12.1 Å². The molecule has 0 atom stereocenters. The molecule has 3 rings (SSSR count). The van der Waals surface area contributed by atoms with Gasteiger partial charge in [0.1, 0.15) is 5.60 Å². The quantitative estimate of drug-likeness (QED) is 0.846. The average Bonchev–Trinajstić information content (AvgIpc) is 2.95. The van der Waals surface area contributed by atoms with Gasteiger partial charge < -0.3 is 14.8 Å². The van der Waals surface area contributed by atoms with Crippen LogP contribution in [0.25, 0.3) is 5.69 Å². The van der Waals surface area contributed by atoms with E-state index in [0.717, 1.165) is 11.6 Å². The first-order chi connectivity index (χ1) is 13.0. The lowest BCUT2D eigenvalue weighted by atomic mass is 10.0. The number of nitrogens with one attached hydrogen (secondary N) is 1. The van der Waals surface area contributed by atoms with Gasteiger partial charge in [0.15, 0.2) is 5.69 Å². The van der Waals surface area contributed by atoms with Crippen LogP contribution in [0.2, 0.25) is 0 Å². The number of alkyl halides is 3. The highest BCUT2D eigenvalue weighted by Crippen LogP contribution is 2.33. The van der Waals surface area contributed by atoms with E-state index in [0.29, 0.717) is 24.6 Å². The molecule has 0 saturated carbocycles. The van der Waals surface area contributed by atoms with E-state index in [1.165, 1.54) is 4.68 Å². The maximum atomic E-state index is 13.1. The Bertz CT molecular complexity index is 835. The fraction of sp³-hybridized carbons (Fsp3) is 0.474. The van der Waals surface area contributed by atoms with Gasteiger partial charge in [-0.2, -0.15) is 18.3 Å². The lowest BCUT2D eigenvalue weighted by molar-refractivity contribution is -0.141. The summed E-state index contributed by atoms with van der Waals surface area (Å²) in [7, 11) is 0. The van der Waals surface area contributed by atoms with Crippen LogP contribution in [0.3, 0.4) is 0 Å². The number of aromatic nitrogens is 2. The summed E-state index contributed by atoms with van der Waals surface area (Å²) in [6.45, 7) is 6.30. The predicted molar refractivity (Wildman–Crippen MR) is 95.2 cm³/mol. The van der Waals surface area contributed by atoms with Crippen molar-refractivity contribution in [1.29, 1.82) is 0 Å². The summed E-state index contributed by atoms with van der Waals surface area (Å²) >= 11 is 0. The predicted octanol–water partition coefficient (Wildman–Crippen LogP) is 4.03. The van der Waals surface area contributed by atoms with Crippen molar-refractivity contribution >= 4 is 6.09 Å². The molecule has 0 bridgehead atoms. The van der Waals surface area contributed by atoms with Crippen molar-refractivity contribution in [2.45, 2.75) is 45.0 Å². The second kappa shape index (κ2) is 7.46. The maximum absolute atomic E-state index is 13.1. The molecule has 1 fully saturated rings. The van der Waals surface area contributed by atoms with Crippen molar-refractivity contribution in [3.8, 4) is 5.69 Å². The standard InChI is InChI=1S/C19H22F3N3O3/c1-18(2,3)28-17(26)23-9-12-4-6-14(7-5-12)25-15(13-10-27-11-13)8-16(24-25)19(20,21)22/h4-8,13H,9-11H2,1-3H3,(H,23,26). The van der Waals surface area contributed by atoms with E-state index >= 15 is 0 Å². The average molecular weight is 397 g/mol. The summed E-state index contributed by atoms with van der Waals surface area (Å²) in [6, 6.07) is 7.86. The molecule has 1 amide bonds. The van der Waals surface area contributed by atoms with Gasteiger partial charge >= 0.3 is 12.3 Å². The summed E-state index contributed by atoms with van der Waals surface area (Å²) in [6.07, 6.45) is -5.05. The van der Waals surface area contributed by atoms with Crippen LogP contribution in [0.5, 0.6) is 0 Å². The highest BCUT2D eigenvalue weighted by molar-refractivity contribution is 5.67. The van der Waals surface area contributed by atoms with Crippen LogP contribution in [0, 0.1) is 0 Å². The van der Waals surface area contributed by atoms with Crippen molar-refractivity contribution in [3.63, 3.8) is 0 Å². The van der Waals surface area contributed by atoms with Crippen LogP contribution in [0.1, 0.15) is 43.6 Å². The molecule has 9 heteroatoms. The SMILES string of the molecule is CC(C)(C)OC(=O)NCc1ccc(-n2nc(C(F)(F)F)cc2C2COC2)cc1. The van der Waals surface area contributed by atoms with Gasteiger partial charge in [-0.3, -0.25) is 0 Å². The smallest absolute Gasteiger partial charge is 0.435 e. The Balaban J connectivity index is 1.74. The van der Waals surface area contributed by atoms with Crippen LogP contribution >= 0.6 is 0 Å². The number of amides is 1. The molecule has 1 aliphatic rings. The number of hydrogen-bond donors (Lipinski definition) is 1. The zero-order chi connectivity index (χ0) is 20.5. The maximum Gasteiger partial charge on any atom is 0.435 e. The molecule has 0 aliphatic carbocycles. The van der Waals surface area contributed by atoms with E-state index in [2.05, 4.69) is 10.4 Å². The molecule has 152 valence electrons. The third-order valence-corrected chi connectivity index (χ3v) is 4.10. The van der Waals surface area contributed by atoms with Gasteiger partial charge in [0.25, 0.3) is 0 Å². The number of benzene rings is 1. The van der Waals surface area contributed by atoms with Gasteiger partial charge in [-0.05, 0) is 44.5 Å². The number of alkyl carbamates (subject to hydrolysis) is 1. The molecule has 28 heavy (non-hydrogen) atoms. The first kappa shape index (κ1) is 20.2. The largest absolute Gasteiger partial charge is 0.444 e. The zero-order valence-electron chi connectivity index (χ0n) is 15.8. The van der Waals surface area contributed by atoms with Crippen LogP contribution in [0.15, 0.2) is 30.3 Å². The molecule has 2 heterocycles. The molecule has 6 nitrogen and oxygen atoms in total. The van der Waals surface area contributed by atoms with Crippen LogP contribution in [-0.4, -0.2) is 34.7 Å². The van der Waals surface area contributed by atoms with Gasteiger partial charge in [-0.25, -0.2) is 9.48 Å². The second-order valence-corrected chi connectivity index (χ2v) is 7.62. The Morgan fingerprint density at radius 3 is 2.39 bits per heavy atom. The monoisotopic (exact) mass is 397 g/mol. The van der Waals surface area contributed by atoms with Crippen LogP contribution in [-0.2, 0) is 22.2 Å². The number of halogens is 3. The Morgan fingerprint density at radius 2 is 1.89 bits per heavy atom. The Kier molecular flexibility index (Phi) is 5.38. The number of ether oxygens (including phenoxy) is 2. The van der Waals surface area contributed by atoms with E-state index in [1.54, 1.807) is 45.0 Å². The fourth-order valence-corrected chi connectivity index (χ4v) is 2.68. The minimum atomic E-state index is -4.51. The molecule has 2 aromatic rings. The van der Waals surface area contributed by atoms with E-state index in [9.17, 15) is 18.0 Å². The fourth-order valence-electron chi connectivity index (χ4n) is 2.68. The van der Waals surface area contributed by atoms with Gasteiger partial charge in [0.05, 0.1) is 24.6 Å². The number of hydrogen-bond acceptors (Lipinski definition) is 4.